The van der Waals surface area contributed by atoms with Crippen molar-refractivity contribution in [1.82, 2.24) is 5.43 Å². The number of hydrazine groups is 1. The molecule has 1 saturated carbocycles. The molecule has 1 aliphatic carbocycles. The van der Waals surface area contributed by atoms with Crippen LogP contribution >= 0.6 is 15.9 Å². The smallest absolute Gasteiger partial charge is 0.123 e. The molecule has 0 heterocycles. The van der Waals surface area contributed by atoms with Gasteiger partial charge in [0.1, 0.15) is 5.82 Å². The van der Waals surface area contributed by atoms with E-state index in [9.17, 15) is 4.39 Å². The highest BCUT2D eigenvalue weighted by Gasteiger charge is 2.39. The first-order valence-electron chi connectivity index (χ1n) is 6.84. The number of rotatable bonds is 4. The minimum absolute atomic E-state index is 0.190. The van der Waals surface area contributed by atoms with Gasteiger partial charge in [-0.25, -0.2) is 4.39 Å². The summed E-state index contributed by atoms with van der Waals surface area (Å²) in [7, 11) is 0. The van der Waals surface area contributed by atoms with Crippen LogP contribution in [-0.2, 0) is 6.42 Å². The standard InChI is InChI=1S/C15H22BrFN2/c1-15(2)7-3-4-12(15)14(19-18)9-10-8-11(17)5-6-13(10)16/h5-6,8,12,14,19H,3-4,7,9,18H2,1-2H3. The van der Waals surface area contributed by atoms with Crippen LogP contribution in [0, 0.1) is 17.2 Å². The molecule has 1 aliphatic rings. The monoisotopic (exact) mass is 328 g/mol. The van der Waals surface area contributed by atoms with E-state index in [1.165, 1.54) is 25.3 Å². The van der Waals surface area contributed by atoms with E-state index in [0.29, 0.717) is 11.3 Å². The van der Waals surface area contributed by atoms with Crippen molar-refractivity contribution in [3.05, 3.63) is 34.1 Å². The molecule has 2 unspecified atom stereocenters. The average molecular weight is 329 g/mol. The van der Waals surface area contributed by atoms with Gasteiger partial charge in [0.2, 0.25) is 0 Å². The lowest BCUT2D eigenvalue weighted by Gasteiger charge is -2.34. The van der Waals surface area contributed by atoms with Gasteiger partial charge in [-0.05, 0) is 54.4 Å². The third-order valence-electron chi connectivity index (χ3n) is 4.49. The molecule has 2 rings (SSSR count). The zero-order valence-electron chi connectivity index (χ0n) is 11.5. The maximum Gasteiger partial charge on any atom is 0.123 e. The van der Waals surface area contributed by atoms with E-state index in [4.69, 9.17) is 5.84 Å². The molecular weight excluding hydrogens is 307 g/mol. The van der Waals surface area contributed by atoms with Gasteiger partial charge in [-0.3, -0.25) is 11.3 Å². The lowest BCUT2D eigenvalue weighted by molar-refractivity contribution is 0.196. The van der Waals surface area contributed by atoms with E-state index in [0.717, 1.165) is 16.5 Å². The first kappa shape index (κ1) is 14.9. The van der Waals surface area contributed by atoms with Crippen molar-refractivity contribution in [2.75, 3.05) is 0 Å². The zero-order chi connectivity index (χ0) is 14.0. The molecule has 0 bridgehead atoms. The van der Waals surface area contributed by atoms with Crippen LogP contribution in [0.4, 0.5) is 4.39 Å². The highest BCUT2D eigenvalue weighted by atomic mass is 79.9. The van der Waals surface area contributed by atoms with Gasteiger partial charge in [0.25, 0.3) is 0 Å². The Morgan fingerprint density at radius 3 is 2.84 bits per heavy atom. The molecule has 1 aromatic carbocycles. The molecule has 0 aromatic heterocycles. The predicted octanol–water partition coefficient (Wildman–Crippen LogP) is 3.79. The van der Waals surface area contributed by atoms with Crippen molar-refractivity contribution in [3.8, 4) is 0 Å². The van der Waals surface area contributed by atoms with E-state index in [1.807, 2.05) is 0 Å². The van der Waals surface area contributed by atoms with Gasteiger partial charge in [-0.1, -0.05) is 36.2 Å². The Balaban J connectivity index is 2.17. The Morgan fingerprint density at radius 2 is 2.26 bits per heavy atom. The van der Waals surface area contributed by atoms with Crippen LogP contribution in [0.25, 0.3) is 0 Å². The van der Waals surface area contributed by atoms with Crippen molar-refractivity contribution in [3.63, 3.8) is 0 Å². The fraction of sp³-hybridized carbons (Fsp3) is 0.600. The molecule has 4 heteroatoms. The Kier molecular flexibility index (Phi) is 4.64. The molecule has 3 N–H and O–H groups in total. The van der Waals surface area contributed by atoms with Gasteiger partial charge >= 0.3 is 0 Å². The van der Waals surface area contributed by atoms with Gasteiger partial charge in [0, 0.05) is 10.5 Å². The molecule has 0 spiro atoms. The second-order valence-corrected chi connectivity index (χ2v) is 7.05. The topological polar surface area (TPSA) is 38.0 Å². The van der Waals surface area contributed by atoms with Gasteiger partial charge in [-0.15, -0.1) is 0 Å². The zero-order valence-corrected chi connectivity index (χ0v) is 13.1. The van der Waals surface area contributed by atoms with Crippen molar-refractivity contribution in [1.29, 1.82) is 0 Å². The number of hydrogen-bond acceptors (Lipinski definition) is 2. The molecule has 19 heavy (non-hydrogen) atoms. The minimum atomic E-state index is -0.195. The van der Waals surface area contributed by atoms with Crippen LogP contribution in [-0.4, -0.2) is 6.04 Å². The maximum absolute atomic E-state index is 13.4. The van der Waals surface area contributed by atoms with Crippen molar-refractivity contribution < 1.29 is 4.39 Å². The average Bonchev–Trinajstić information content (AvgIpc) is 2.70. The summed E-state index contributed by atoms with van der Waals surface area (Å²) in [5, 5.41) is 0. The lowest BCUT2D eigenvalue weighted by atomic mass is 9.76. The van der Waals surface area contributed by atoms with E-state index in [2.05, 4.69) is 35.2 Å². The highest BCUT2D eigenvalue weighted by Crippen LogP contribution is 2.45. The third kappa shape index (κ3) is 3.36. The number of benzene rings is 1. The van der Waals surface area contributed by atoms with Crippen LogP contribution in [0.1, 0.15) is 38.7 Å². The molecule has 1 aromatic rings. The second kappa shape index (κ2) is 5.90. The summed E-state index contributed by atoms with van der Waals surface area (Å²) in [6.45, 7) is 4.60. The molecule has 0 aliphatic heterocycles. The van der Waals surface area contributed by atoms with Crippen LogP contribution in [0.2, 0.25) is 0 Å². The molecule has 0 amide bonds. The fourth-order valence-corrected chi connectivity index (χ4v) is 3.76. The molecule has 2 atom stereocenters. The quantitative estimate of drug-likeness (QED) is 0.651. The molecule has 106 valence electrons. The Hall–Kier alpha value is -0.450. The summed E-state index contributed by atoms with van der Waals surface area (Å²) in [6, 6.07) is 5.02. The fourth-order valence-electron chi connectivity index (χ4n) is 3.35. The van der Waals surface area contributed by atoms with E-state index < -0.39 is 0 Å². The normalized spacial score (nSPS) is 23.5. The molecular formula is C15H22BrFN2. The number of halogens is 2. The maximum atomic E-state index is 13.4. The van der Waals surface area contributed by atoms with Crippen LogP contribution in [0.5, 0.6) is 0 Å². The molecule has 0 radical (unpaired) electrons. The van der Waals surface area contributed by atoms with Gasteiger partial charge in [-0.2, -0.15) is 0 Å². The predicted molar refractivity (Wildman–Crippen MR) is 80.0 cm³/mol. The van der Waals surface area contributed by atoms with Gasteiger partial charge < -0.3 is 0 Å². The summed E-state index contributed by atoms with van der Waals surface area (Å²) in [6.07, 6.45) is 4.43. The number of nitrogens with one attached hydrogen (secondary N) is 1. The second-order valence-electron chi connectivity index (χ2n) is 6.20. The SMILES string of the molecule is CC1(C)CCCC1C(Cc1cc(F)ccc1Br)NN. The summed E-state index contributed by atoms with van der Waals surface area (Å²) in [4.78, 5) is 0. The van der Waals surface area contributed by atoms with E-state index in [1.54, 1.807) is 12.1 Å². The first-order valence-corrected chi connectivity index (χ1v) is 7.63. The lowest BCUT2D eigenvalue weighted by Crippen LogP contribution is -2.45. The molecule has 2 nitrogen and oxygen atoms in total. The summed E-state index contributed by atoms with van der Waals surface area (Å²) >= 11 is 3.49. The summed E-state index contributed by atoms with van der Waals surface area (Å²) < 4.78 is 14.3. The van der Waals surface area contributed by atoms with Crippen molar-refractivity contribution in [2.24, 2.45) is 17.2 Å². The highest BCUT2D eigenvalue weighted by molar-refractivity contribution is 9.10. The van der Waals surface area contributed by atoms with E-state index >= 15 is 0 Å². The summed E-state index contributed by atoms with van der Waals surface area (Å²) in [5.41, 5.74) is 4.23. The van der Waals surface area contributed by atoms with Crippen LogP contribution in [0.15, 0.2) is 22.7 Å². The first-order chi connectivity index (χ1) is 8.94. The van der Waals surface area contributed by atoms with Gasteiger partial charge in [0.05, 0.1) is 0 Å². The summed E-state index contributed by atoms with van der Waals surface area (Å²) in [5.74, 6) is 6.09. The Morgan fingerprint density at radius 1 is 1.53 bits per heavy atom. The minimum Gasteiger partial charge on any atom is -0.271 e. The molecule has 1 fully saturated rings. The van der Waals surface area contributed by atoms with E-state index in [-0.39, 0.29) is 11.9 Å². The number of nitrogens with two attached hydrogens (primary N) is 1. The van der Waals surface area contributed by atoms with Crippen LogP contribution < -0.4 is 11.3 Å². The molecule has 0 saturated heterocycles. The van der Waals surface area contributed by atoms with Crippen molar-refractivity contribution in [2.45, 2.75) is 45.6 Å². The largest absolute Gasteiger partial charge is 0.271 e. The third-order valence-corrected chi connectivity index (χ3v) is 5.26. The Labute approximate surface area is 123 Å². The Bertz CT molecular complexity index is 448. The van der Waals surface area contributed by atoms with Gasteiger partial charge in [0.15, 0.2) is 0 Å². The number of hydrogen-bond donors (Lipinski definition) is 2. The van der Waals surface area contributed by atoms with Crippen molar-refractivity contribution >= 4 is 15.9 Å². The van der Waals surface area contributed by atoms with Crippen LogP contribution in [0.3, 0.4) is 0 Å².